The summed E-state index contributed by atoms with van der Waals surface area (Å²) in [7, 11) is 0. The van der Waals surface area contributed by atoms with E-state index in [0.717, 1.165) is 19.4 Å². The number of nitrogens with one attached hydrogen (secondary N) is 1. The second kappa shape index (κ2) is 10.5. The van der Waals surface area contributed by atoms with Crippen molar-refractivity contribution in [2.45, 2.75) is 57.2 Å². The van der Waals surface area contributed by atoms with Crippen LogP contribution in [0.15, 0.2) is 52.4 Å². The first-order chi connectivity index (χ1) is 15.9. The highest BCUT2D eigenvalue weighted by Crippen LogP contribution is 2.25. The van der Waals surface area contributed by atoms with Crippen molar-refractivity contribution in [2.75, 3.05) is 13.2 Å². The van der Waals surface area contributed by atoms with Crippen LogP contribution < -0.4 is 10.9 Å². The summed E-state index contributed by atoms with van der Waals surface area (Å²) in [6.45, 7) is 8.03. The van der Waals surface area contributed by atoms with E-state index in [2.05, 4.69) is 38.2 Å². The maximum absolute atomic E-state index is 13.5. The first-order valence-electron chi connectivity index (χ1n) is 11.5. The molecule has 6 nitrogen and oxygen atoms in total. The quantitative estimate of drug-likeness (QED) is 0.390. The monoisotopic (exact) mass is 465 g/mol. The van der Waals surface area contributed by atoms with Gasteiger partial charge in [-0.05, 0) is 55.0 Å². The molecule has 0 bridgehead atoms. The Morgan fingerprint density at radius 3 is 2.82 bits per heavy atom. The van der Waals surface area contributed by atoms with E-state index >= 15 is 0 Å². The summed E-state index contributed by atoms with van der Waals surface area (Å²) >= 11 is 1.55. The lowest BCUT2D eigenvalue weighted by Gasteiger charge is -2.17. The van der Waals surface area contributed by atoms with Crippen LogP contribution in [0.5, 0.6) is 0 Å². The van der Waals surface area contributed by atoms with Crippen molar-refractivity contribution < 1.29 is 9.53 Å². The Labute approximate surface area is 198 Å². The third kappa shape index (κ3) is 5.65. The molecule has 0 saturated carbocycles. The van der Waals surface area contributed by atoms with Crippen LogP contribution in [0.25, 0.3) is 10.9 Å². The molecule has 0 unspecified atom stereocenters. The van der Waals surface area contributed by atoms with Crippen LogP contribution in [0.1, 0.15) is 48.2 Å². The molecular weight excluding hydrogens is 434 g/mol. The predicted molar refractivity (Wildman–Crippen MR) is 133 cm³/mol. The van der Waals surface area contributed by atoms with Gasteiger partial charge in [0, 0.05) is 24.5 Å². The van der Waals surface area contributed by atoms with Gasteiger partial charge >= 0.3 is 0 Å². The molecule has 0 radical (unpaired) electrons. The minimum Gasteiger partial charge on any atom is -0.376 e. The van der Waals surface area contributed by atoms with E-state index in [9.17, 15) is 9.59 Å². The Morgan fingerprint density at radius 2 is 2.09 bits per heavy atom. The smallest absolute Gasteiger partial charge is 0.262 e. The number of fused-ring (bicyclic) bond motifs is 1. The average molecular weight is 466 g/mol. The third-order valence-corrected chi connectivity index (χ3v) is 6.91. The number of aryl methyl sites for hydroxylation is 1. The Hall–Kier alpha value is -2.64. The number of nitrogens with zero attached hydrogens (tertiary/aromatic N) is 2. The van der Waals surface area contributed by atoms with E-state index in [-0.39, 0.29) is 17.6 Å². The molecule has 33 heavy (non-hydrogen) atoms. The molecule has 4 rings (SSSR count). The maximum atomic E-state index is 13.5. The summed E-state index contributed by atoms with van der Waals surface area (Å²) in [4.78, 5) is 30.9. The van der Waals surface area contributed by atoms with Gasteiger partial charge in [-0.25, -0.2) is 4.98 Å². The fraction of sp³-hybridized carbons (Fsp3) is 0.423. The molecule has 2 aromatic carbocycles. The summed E-state index contributed by atoms with van der Waals surface area (Å²) in [5, 5.41) is 4.11. The van der Waals surface area contributed by atoms with Crippen LogP contribution in [0.2, 0.25) is 0 Å². The maximum Gasteiger partial charge on any atom is 0.262 e. The summed E-state index contributed by atoms with van der Waals surface area (Å²) in [6.07, 6.45) is 1.99. The van der Waals surface area contributed by atoms with E-state index in [0.29, 0.717) is 46.4 Å². The molecule has 1 atom stereocenters. The number of benzene rings is 2. The zero-order valence-corrected chi connectivity index (χ0v) is 20.3. The molecule has 0 aliphatic carbocycles. The molecule has 1 aliphatic heterocycles. The number of aromatic nitrogens is 2. The van der Waals surface area contributed by atoms with Gasteiger partial charge < -0.3 is 10.1 Å². The van der Waals surface area contributed by atoms with Crippen molar-refractivity contribution in [1.29, 1.82) is 0 Å². The molecule has 3 aromatic rings. The van der Waals surface area contributed by atoms with Gasteiger partial charge in [-0.1, -0.05) is 49.9 Å². The molecule has 1 aliphatic rings. The summed E-state index contributed by atoms with van der Waals surface area (Å²) in [5.74, 6) is 0.928. The highest BCUT2D eigenvalue weighted by Gasteiger charge is 2.21. The van der Waals surface area contributed by atoms with Crippen molar-refractivity contribution >= 4 is 28.6 Å². The molecule has 7 heteroatoms. The van der Waals surface area contributed by atoms with Crippen LogP contribution in [-0.2, 0) is 17.0 Å². The number of rotatable bonds is 8. The second-order valence-electron chi connectivity index (χ2n) is 9.00. The molecule has 1 saturated heterocycles. The van der Waals surface area contributed by atoms with E-state index < -0.39 is 0 Å². The lowest BCUT2D eigenvalue weighted by atomic mass is 10.1. The van der Waals surface area contributed by atoms with Gasteiger partial charge in [0.15, 0.2) is 5.16 Å². The summed E-state index contributed by atoms with van der Waals surface area (Å²) in [6, 6.07) is 13.4. The molecular formula is C26H31N3O3S. The van der Waals surface area contributed by atoms with Crippen molar-refractivity contribution in [2.24, 2.45) is 5.92 Å². The Kier molecular flexibility index (Phi) is 7.50. The molecule has 1 fully saturated rings. The first-order valence-corrected chi connectivity index (χ1v) is 12.5. The summed E-state index contributed by atoms with van der Waals surface area (Å²) in [5.41, 5.74) is 3.40. The Balaban J connectivity index is 1.69. The zero-order chi connectivity index (χ0) is 23.4. The standard InChI is InChI=1S/C26H31N3O3S/c1-17(2)14-27-24(30)19-10-11-22-23(13-19)28-26(33-16-20-8-5-4-7-18(20)3)29(25(22)31)15-21-9-6-12-32-21/h4-5,7-8,10-11,13,17,21H,6,9,12,14-16H2,1-3H3,(H,27,30)/t21-/m1/s1. The SMILES string of the molecule is Cc1ccccc1CSc1nc2cc(C(=O)NCC(C)C)ccc2c(=O)n1C[C@H]1CCCO1. The van der Waals surface area contributed by atoms with Gasteiger partial charge in [0.1, 0.15) is 0 Å². The number of hydrogen-bond donors (Lipinski definition) is 1. The van der Waals surface area contributed by atoms with E-state index in [1.165, 1.54) is 11.1 Å². The molecule has 174 valence electrons. The molecule has 1 amide bonds. The molecule has 1 N–H and O–H groups in total. The van der Waals surface area contributed by atoms with E-state index in [1.54, 1.807) is 34.5 Å². The van der Waals surface area contributed by atoms with Crippen molar-refractivity contribution in [3.63, 3.8) is 0 Å². The van der Waals surface area contributed by atoms with E-state index in [4.69, 9.17) is 9.72 Å². The van der Waals surface area contributed by atoms with Gasteiger partial charge in [0.05, 0.1) is 23.6 Å². The molecule has 1 aromatic heterocycles. The highest BCUT2D eigenvalue weighted by atomic mass is 32.2. The van der Waals surface area contributed by atoms with Gasteiger partial charge in [-0.2, -0.15) is 0 Å². The normalized spacial score (nSPS) is 15.9. The van der Waals surface area contributed by atoms with Crippen molar-refractivity contribution in [1.82, 2.24) is 14.9 Å². The topological polar surface area (TPSA) is 73.2 Å². The van der Waals surface area contributed by atoms with Crippen LogP contribution >= 0.6 is 11.8 Å². The van der Waals surface area contributed by atoms with Crippen molar-refractivity contribution in [3.8, 4) is 0 Å². The highest BCUT2D eigenvalue weighted by molar-refractivity contribution is 7.98. The average Bonchev–Trinajstić information content (AvgIpc) is 3.32. The minimum absolute atomic E-state index is 0.0286. The molecule has 2 heterocycles. The predicted octanol–water partition coefficient (Wildman–Crippen LogP) is 4.56. The van der Waals surface area contributed by atoms with Crippen LogP contribution in [0.3, 0.4) is 0 Å². The van der Waals surface area contributed by atoms with Crippen LogP contribution in [0, 0.1) is 12.8 Å². The van der Waals surface area contributed by atoms with Gasteiger partial charge in [-0.3, -0.25) is 14.2 Å². The largest absolute Gasteiger partial charge is 0.376 e. The third-order valence-electron chi connectivity index (χ3n) is 5.88. The number of carbonyl (C=O) groups excluding carboxylic acids is 1. The lowest BCUT2D eigenvalue weighted by Crippen LogP contribution is -2.29. The second-order valence-corrected chi connectivity index (χ2v) is 9.94. The minimum atomic E-state index is -0.148. The van der Waals surface area contributed by atoms with Crippen LogP contribution in [-0.4, -0.2) is 34.7 Å². The molecule has 0 spiro atoms. The zero-order valence-electron chi connectivity index (χ0n) is 19.5. The van der Waals surface area contributed by atoms with E-state index in [1.807, 2.05) is 12.1 Å². The van der Waals surface area contributed by atoms with Crippen LogP contribution in [0.4, 0.5) is 0 Å². The fourth-order valence-electron chi connectivity index (χ4n) is 3.92. The number of ether oxygens (including phenoxy) is 1. The Morgan fingerprint density at radius 1 is 1.27 bits per heavy atom. The van der Waals surface area contributed by atoms with Gasteiger partial charge in [0.2, 0.25) is 0 Å². The first kappa shape index (κ1) is 23.5. The fourth-order valence-corrected chi connectivity index (χ4v) is 5.00. The number of carbonyl (C=O) groups is 1. The number of hydrogen-bond acceptors (Lipinski definition) is 5. The van der Waals surface area contributed by atoms with Gasteiger partial charge in [0.25, 0.3) is 11.5 Å². The number of amides is 1. The summed E-state index contributed by atoms with van der Waals surface area (Å²) < 4.78 is 7.56. The number of thioether (sulfide) groups is 1. The Bertz CT molecular complexity index is 1200. The van der Waals surface area contributed by atoms with Crippen molar-refractivity contribution in [3.05, 3.63) is 69.5 Å². The lowest BCUT2D eigenvalue weighted by molar-refractivity contribution is 0.0937. The van der Waals surface area contributed by atoms with Gasteiger partial charge in [-0.15, -0.1) is 0 Å².